The van der Waals surface area contributed by atoms with E-state index in [1.807, 2.05) is 13.8 Å². The molecule has 0 saturated carbocycles. The zero-order valence-electron chi connectivity index (χ0n) is 17.2. The molecule has 1 aromatic heterocycles. The Morgan fingerprint density at radius 1 is 1.17 bits per heavy atom. The van der Waals surface area contributed by atoms with Gasteiger partial charge in [-0.2, -0.15) is 0 Å². The summed E-state index contributed by atoms with van der Waals surface area (Å²) < 4.78 is 9.97. The van der Waals surface area contributed by atoms with Crippen LogP contribution in [0.5, 0.6) is 0 Å². The van der Waals surface area contributed by atoms with E-state index in [9.17, 15) is 9.59 Å². The number of rotatable bonds is 5. The minimum Gasteiger partial charge on any atom is -0.466 e. The minimum atomic E-state index is -0.123. The lowest BCUT2D eigenvalue weighted by atomic mass is 9.98. The van der Waals surface area contributed by atoms with E-state index < -0.39 is 0 Å². The standard InChI is InChI=1S/C12H16ClN3O2.C8H15NO2/c1-2-18-11(17)9-4-3-7-16(8-9)10-5-6-14-12(13)15-10;1-2-11-8(10)7-4-3-5-9-6-7/h5-6,9H,2-4,7-8H2,1H3;7,9H,2-6H2,1H3. The van der Waals surface area contributed by atoms with Gasteiger partial charge in [-0.05, 0) is 63.7 Å². The lowest BCUT2D eigenvalue weighted by Gasteiger charge is -2.32. The van der Waals surface area contributed by atoms with Gasteiger partial charge in [0.2, 0.25) is 5.28 Å². The third-order valence-electron chi connectivity index (χ3n) is 4.89. The third-order valence-corrected chi connectivity index (χ3v) is 5.08. The molecule has 0 amide bonds. The van der Waals surface area contributed by atoms with Crippen LogP contribution in [0.3, 0.4) is 0 Å². The maximum atomic E-state index is 11.7. The summed E-state index contributed by atoms with van der Waals surface area (Å²) in [5, 5.41) is 3.40. The summed E-state index contributed by atoms with van der Waals surface area (Å²) in [5.41, 5.74) is 0. The number of esters is 2. The van der Waals surface area contributed by atoms with E-state index in [1.54, 1.807) is 12.3 Å². The SMILES string of the molecule is CCOC(=O)C1CCCN(c2ccnc(Cl)n2)C1.CCOC(=O)C1CCCNC1. The fraction of sp³-hybridized carbons (Fsp3) is 0.700. The van der Waals surface area contributed by atoms with E-state index in [0.29, 0.717) is 19.8 Å². The van der Waals surface area contributed by atoms with Gasteiger partial charge in [-0.25, -0.2) is 9.97 Å². The van der Waals surface area contributed by atoms with Crippen molar-refractivity contribution in [3.63, 3.8) is 0 Å². The second-order valence-electron chi connectivity index (χ2n) is 7.02. The summed E-state index contributed by atoms with van der Waals surface area (Å²) in [4.78, 5) is 32.9. The molecule has 0 aliphatic carbocycles. The average molecular weight is 427 g/mol. The fourth-order valence-corrected chi connectivity index (χ4v) is 3.60. The van der Waals surface area contributed by atoms with Crippen LogP contribution in [0, 0.1) is 11.8 Å². The normalized spacial score (nSPS) is 21.6. The van der Waals surface area contributed by atoms with Gasteiger partial charge in [-0.1, -0.05) is 0 Å². The van der Waals surface area contributed by atoms with E-state index in [4.69, 9.17) is 21.1 Å². The lowest BCUT2D eigenvalue weighted by molar-refractivity contribution is -0.149. The molecule has 9 heteroatoms. The van der Waals surface area contributed by atoms with Crippen molar-refractivity contribution in [1.82, 2.24) is 15.3 Å². The summed E-state index contributed by atoms with van der Waals surface area (Å²) in [6.45, 7) is 7.92. The Bertz CT molecular complexity index is 655. The van der Waals surface area contributed by atoms with E-state index in [0.717, 1.165) is 51.1 Å². The van der Waals surface area contributed by atoms with Crippen LogP contribution in [0.2, 0.25) is 5.28 Å². The molecule has 0 radical (unpaired) electrons. The molecule has 8 nitrogen and oxygen atoms in total. The Balaban J connectivity index is 0.000000234. The van der Waals surface area contributed by atoms with Crippen molar-refractivity contribution in [2.75, 3.05) is 44.3 Å². The Kier molecular flexibility index (Phi) is 10.1. The van der Waals surface area contributed by atoms with Gasteiger partial charge < -0.3 is 19.7 Å². The van der Waals surface area contributed by atoms with Crippen LogP contribution in [-0.4, -0.2) is 61.3 Å². The molecule has 3 rings (SSSR count). The number of anilines is 1. The van der Waals surface area contributed by atoms with Crippen molar-refractivity contribution in [2.24, 2.45) is 11.8 Å². The molecule has 162 valence electrons. The molecular weight excluding hydrogens is 396 g/mol. The molecular formula is C20H31ClN4O4. The predicted molar refractivity (Wildman–Crippen MR) is 111 cm³/mol. The molecule has 0 bridgehead atoms. The number of hydrogen-bond donors (Lipinski definition) is 1. The second-order valence-corrected chi connectivity index (χ2v) is 7.35. The van der Waals surface area contributed by atoms with Gasteiger partial charge in [-0.15, -0.1) is 0 Å². The summed E-state index contributed by atoms with van der Waals surface area (Å²) >= 11 is 5.77. The van der Waals surface area contributed by atoms with Crippen LogP contribution < -0.4 is 10.2 Å². The summed E-state index contributed by atoms with van der Waals surface area (Å²) in [6.07, 6.45) is 5.51. The highest BCUT2D eigenvalue weighted by atomic mass is 35.5. The second kappa shape index (κ2) is 12.6. The molecule has 0 aromatic carbocycles. The smallest absolute Gasteiger partial charge is 0.310 e. The number of nitrogens with zero attached hydrogens (tertiary/aromatic N) is 3. The Hall–Kier alpha value is -1.93. The minimum absolute atomic E-state index is 0.0419. The highest BCUT2D eigenvalue weighted by Crippen LogP contribution is 2.23. The topological polar surface area (TPSA) is 93.7 Å². The van der Waals surface area contributed by atoms with Crippen molar-refractivity contribution >= 4 is 29.4 Å². The lowest BCUT2D eigenvalue weighted by Crippen LogP contribution is -2.39. The number of nitrogens with one attached hydrogen (secondary N) is 1. The quantitative estimate of drug-likeness (QED) is 0.566. The number of hydrogen-bond acceptors (Lipinski definition) is 8. The molecule has 2 saturated heterocycles. The maximum Gasteiger partial charge on any atom is 0.310 e. The van der Waals surface area contributed by atoms with Crippen molar-refractivity contribution in [3.8, 4) is 0 Å². The average Bonchev–Trinajstić information content (AvgIpc) is 2.75. The summed E-state index contributed by atoms with van der Waals surface area (Å²) in [6, 6.07) is 1.80. The first-order chi connectivity index (χ1) is 14.0. The first kappa shape index (κ1) is 23.3. The number of ether oxygens (including phenoxy) is 2. The molecule has 2 atom stereocenters. The van der Waals surface area contributed by atoms with E-state index in [1.165, 1.54) is 0 Å². The van der Waals surface area contributed by atoms with Crippen LogP contribution in [-0.2, 0) is 19.1 Å². The van der Waals surface area contributed by atoms with Crippen molar-refractivity contribution < 1.29 is 19.1 Å². The summed E-state index contributed by atoms with van der Waals surface area (Å²) in [5.74, 6) is 0.627. The molecule has 0 spiro atoms. The highest BCUT2D eigenvalue weighted by Gasteiger charge is 2.27. The number of halogens is 1. The Morgan fingerprint density at radius 2 is 1.86 bits per heavy atom. The van der Waals surface area contributed by atoms with Gasteiger partial charge in [-0.3, -0.25) is 9.59 Å². The first-order valence-electron chi connectivity index (χ1n) is 10.3. The molecule has 29 heavy (non-hydrogen) atoms. The number of aromatic nitrogens is 2. The Morgan fingerprint density at radius 3 is 2.48 bits per heavy atom. The number of carbonyl (C=O) groups is 2. The Labute approximate surface area is 177 Å². The first-order valence-corrected chi connectivity index (χ1v) is 10.7. The molecule has 2 aliphatic rings. The molecule has 3 heterocycles. The van der Waals surface area contributed by atoms with Gasteiger partial charge in [0.1, 0.15) is 5.82 Å². The van der Waals surface area contributed by atoms with Crippen LogP contribution in [0.15, 0.2) is 12.3 Å². The largest absolute Gasteiger partial charge is 0.466 e. The molecule has 1 aromatic rings. The van der Waals surface area contributed by atoms with Crippen LogP contribution in [0.4, 0.5) is 5.82 Å². The fourth-order valence-electron chi connectivity index (χ4n) is 3.45. The predicted octanol–water partition coefficient (Wildman–Crippen LogP) is 2.46. The molecule has 2 aliphatic heterocycles. The van der Waals surface area contributed by atoms with E-state index >= 15 is 0 Å². The number of piperidine rings is 2. The zero-order chi connectivity index (χ0) is 21.1. The van der Waals surface area contributed by atoms with Gasteiger partial charge in [0.25, 0.3) is 0 Å². The van der Waals surface area contributed by atoms with E-state index in [2.05, 4.69) is 20.2 Å². The molecule has 2 fully saturated rings. The van der Waals surface area contributed by atoms with Crippen LogP contribution in [0.25, 0.3) is 0 Å². The van der Waals surface area contributed by atoms with E-state index in [-0.39, 0.29) is 29.1 Å². The zero-order valence-corrected chi connectivity index (χ0v) is 18.0. The summed E-state index contributed by atoms with van der Waals surface area (Å²) in [7, 11) is 0. The molecule has 1 N–H and O–H groups in total. The highest BCUT2D eigenvalue weighted by molar-refractivity contribution is 6.28. The van der Waals surface area contributed by atoms with Crippen LogP contribution >= 0.6 is 11.6 Å². The number of carbonyl (C=O) groups excluding carboxylic acids is 2. The van der Waals surface area contributed by atoms with Gasteiger partial charge in [0, 0.05) is 25.8 Å². The third kappa shape index (κ3) is 7.78. The van der Waals surface area contributed by atoms with Crippen molar-refractivity contribution in [3.05, 3.63) is 17.5 Å². The maximum absolute atomic E-state index is 11.7. The van der Waals surface area contributed by atoms with Crippen molar-refractivity contribution in [2.45, 2.75) is 39.5 Å². The van der Waals surface area contributed by atoms with Gasteiger partial charge >= 0.3 is 11.9 Å². The molecule has 2 unspecified atom stereocenters. The monoisotopic (exact) mass is 426 g/mol. The van der Waals surface area contributed by atoms with Crippen molar-refractivity contribution in [1.29, 1.82) is 0 Å². The van der Waals surface area contributed by atoms with Gasteiger partial charge in [0.15, 0.2) is 0 Å². The van der Waals surface area contributed by atoms with Gasteiger partial charge in [0.05, 0.1) is 25.0 Å². The van der Waals surface area contributed by atoms with Crippen LogP contribution in [0.1, 0.15) is 39.5 Å².